The number of hydrogen-bond acceptors (Lipinski definition) is 3. The zero-order valence-electron chi connectivity index (χ0n) is 14.6. The Morgan fingerprint density at radius 2 is 2.00 bits per heavy atom. The SMILES string of the molecule is CC(C)(C)C(=O)N1CC2(CCN(CC#N)CC2)c2cc(F)ccc21. The third-order valence-corrected chi connectivity index (χ3v) is 5.28. The normalized spacial score (nSPS) is 20.0. The maximum atomic E-state index is 13.9. The van der Waals surface area contributed by atoms with Crippen LogP contribution in [-0.2, 0) is 10.2 Å². The Balaban J connectivity index is 1.95. The van der Waals surface area contributed by atoms with Gasteiger partial charge in [-0.1, -0.05) is 20.8 Å². The molecule has 0 atom stereocenters. The molecule has 1 fully saturated rings. The molecule has 1 aromatic carbocycles. The Hall–Kier alpha value is -1.93. The molecule has 2 aliphatic heterocycles. The number of piperidine rings is 1. The van der Waals surface area contributed by atoms with E-state index < -0.39 is 5.41 Å². The molecule has 2 heterocycles. The predicted octanol–water partition coefficient (Wildman–Crippen LogP) is 3.08. The van der Waals surface area contributed by atoms with Gasteiger partial charge in [-0.05, 0) is 36.6 Å². The van der Waals surface area contributed by atoms with Crippen LogP contribution in [0.25, 0.3) is 0 Å². The van der Waals surface area contributed by atoms with Gasteiger partial charge in [-0.2, -0.15) is 5.26 Å². The molecule has 1 spiro atoms. The summed E-state index contributed by atoms with van der Waals surface area (Å²) in [4.78, 5) is 16.9. The van der Waals surface area contributed by atoms with E-state index >= 15 is 0 Å². The van der Waals surface area contributed by atoms with Gasteiger partial charge in [-0.25, -0.2) is 4.39 Å². The van der Waals surface area contributed by atoms with Gasteiger partial charge in [0, 0.05) is 36.2 Å². The van der Waals surface area contributed by atoms with Crippen LogP contribution < -0.4 is 4.90 Å². The van der Waals surface area contributed by atoms with E-state index in [1.807, 2.05) is 25.7 Å². The van der Waals surface area contributed by atoms with Crippen LogP contribution in [0.5, 0.6) is 0 Å². The Morgan fingerprint density at radius 1 is 1.33 bits per heavy atom. The first-order valence-electron chi connectivity index (χ1n) is 8.48. The lowest BCUT2D eigenvalue weighted by Gasteiger charge is -2.39. The molecule has 0 N–H and O–H groups in total. The fourth-order valence-corrected chi connectivity index (χ4v) is 3.89. The van der Waals surface area contributed by atoms with E-state index in [-0.39, 0.29) is 17.1 Å². The molecule has 0 radical (unpaired) electrons. The van der Waals surface area contributed by atoms with Crippen molar-refractivity contribution in [1.29, 1.82) is 5.26 Å². The molecule has 4 nitrogen and oxygen atoms in total. The lowest BCUT2D eigenvalue weighted by molar-refractivity contribution is -0.125. The smallest absolute Gasteiger partial charge is 0.232 e. The van der Waals surface area contributed by atoms with Crippen molar-refractivity contribution in [1.82, 2.24) is 4.90 Å². The van der Waals surface area contributed by atoms with Crippen molar-refractivity contribution in [3.8, 4) is 6.07 Å². The Kier molecular flexibility index (Phi) is 4.13. The summed E-state index contributed by atoms with van der Waals surface area (Å²) in [6.45, 7) is 8.40. The first-order chi connectivity index (χ1) is 11.3. The van der Waals surface area contributed by atoms with Crippen molar-refractivity contribution in [2.75, 3.05) is 31.1 Å². The van der Waals surface area contributed by atoms with E-state index in [0.29, 0.717) is 13.1 Å². The van der Waals surface area contributed by atoms with E-state index in [1.54, 1.807) is 12.1 Å². The van der Waals surface area contributed by atoms with Gasteiger partial charge in [-0.3, -0.25) is 9.69 Å². The number of carbonyl (C=O) groups excluding carboxylic acids is 1. The van der Waals surface area contributed by atoms with Crippen molar-refractivity contribution < 1.29 is 9.18 Å². The van der Waals surface area contributed by atoms with Crippen LogP contribution in [0.3, 0.4) is 0 Å². The third-order valence-electron chi connectivity index (χ3n) is 5.28. The number of fused-ring (bicyclic) bond motifs is 2. The number of nitrogens with zero attached hydrogens (tertiary/aromatic N) is 3. The van der Waals surface area contributed by atoms with Crippen molar-refractivity contribution >= 4 is 11.6 Å². The second kappa shape index (κ2) is 5.86. The predicted molar refractivity (Wildman–Crippen MR) is 91.2 cm³/mol. The molecular formula is C19H24FN3O. The number of carbonyl (C=O) groups is 1. The number of nitriles is 1. The number of likely N-dealkylation sites (tertiary alicyclic amines) is 1. The average Bonchev–Trinajstić information content (AvgIpc) is 2.82. The van der Waals surface area contributed by atoms with E-state index in [4.69, 9.17) is 5.26 Å². The summed E-state index contributed by atoms with van der Waals surface area (Å²) in [5.41, 5.74) is 1.14. The van der Waals surface area contributed by atoms with Crippen molar-refractivity contribution in [2.45, 2.75) is 39.0 Å². The zero-order valence-corrected chi connectivity index (χ0v) is 14.6. The number of amides is 1. The second-order valence-electron chi connectivity index (χ2n) is 8.02. The highest BCUT2D eigenvalue weighted by Crippen LogP contribution is 2.48. The van der Waals surface area contributed by atoms with Crippen LogP contribution in [0.4, 0.5) is 10.1 Å². The van der Waals surface area contributed by atoms with Crippen LogP contribution in [0.15, 0.2) is 18.2 Å². The number of hydrogen-bond donors (Lipinski definition) is 0. The molecule has 5 heteroatoms. The Bertz CT molecular complexity index is 694. The fraction of sp³-hybridized carbons (Fsp3) is 0.579. The zero-order chi connectivity index (χ0) is 17.5. The van der Waals surface area contributed by atoms with E-state index in [2.05, 4.69) is 11.0 Å². The molecule has 0 unspecified atom stereocenters. The lowest BCUT2D eigenvalue weighted by Crippen LogP contribution is -2.47. The summed E-state index contributed by atoms with van der Waals surface area (Å²) in [5, 5.41) is 8.88. The summed E-state index contributed by atoms with van der Waals surface area (Å²) in [6.07, 6.45) is 1.69. The molecule has 0 aliphatic carbocycles. The van der Waals surface area contributed by atoms with Crippen LogP contribution in [0, 0.1) is 22.6 Å². The van der Waals surface area contributed by atoms with Crippen molar-refractivity contribution in [2.24, 2.45) is 5.41 Å². The second-order valence-corrected chi connectivity index (χ2v) is 8.02. The average molecular weight is 329 g/mol. The summed E-state index contributed by atoms with van der Waals surface area (Å²) in [7, 11) is 0. The molecule has 0 saturated carbocycles. The van der Waals surface area contributed by atoms with E-state index in [9.17, 15) is 9.18 Å². The monoisotopic (exact) mass is 329 g/mol. The highest BCUT2D eigenvalue weighted by Gasteiger charge is 2.47. The van der Waals surface area contributed by atoms with Crippen LogP contribution in [-0.4, -0.2) is 37.0 Å². The van der Waals surface area contributed by atoms with Gasteiger partial charge >= 0.3 is 0 Å². The molecule has 128 valence electrons. The number of anilines is 1. The van der Waals surface area contributed by atoms with Crippen molar-refractivity contribution in [3.63, 3.8) is 0 Å². The van der Waals surface area contributed by atoms with Gasteiger partial charge in [0.1, 0.15) is 5.82 Å². The molecule has 2 aliphatic rings. The van der Waals surface area contributed by atoms with Gasteiger partial charge in [0.15, 0.2) is 0 Å². The first-order valence-corrected chi connectivity index (χ1v) is 8.48. The maximum Gasteiger partial charge on any atom is 0.232 e. The standard InChI is InChI=1S/C19H24FN3O/c1-18(2,3)17(24)23-13-19(6-9-22(10-7-19)11-8-21)15-12-14(20)4-5-16(15)23/h4-5,12H,6-7,9-11,13H2,1-3H3. The molecule has 0 bridgehead atoms. The Morgan fingerprint density at radius 3 is 2.58 bits per heavy atom. The van der Waals surface area contributed by atoms with Crippen LogP contribution in [0.1, 0.15) is 39.2 Å². The van der Waals surface area contributed by atoms with Gasteiger partial charge in [-0.15, -0.1) is 0 Å². The highest BCUT2D eigenvalue weighted by molar-refractivity contribution is 5.99. The molecule has 1 aromatic rings. The molecular weight excluding hydrogens is 305 g/mol. The summed E-state index contributed by atoms with van der Waals surface area (Å²) >= 11 is 0. The Labute approximate surface area is 142 Å². The number of rotatable bonds is 1. The van der Waals surface area contributed by atoms with Gasteiger partial charge in [0.25, 0.3) is 0 Å². The van der Waals surface area contributed by atoms with Crippen LogP contribution in [0.2, 0.25) is 0 Å². The maximum absolute atomic E-state index is 13.9. The van der Waals surface area contributed by atoms with Gasteiger partial charge in [0.2, 0.25) is 5.91 Å². The highest BCUT2D eigenvalue weighted by atomic mass is 19.1. The minimum atomic E-state index is -0.474. The van der Waals surface area contributed by atoms with E-state index in [1.165, 1.54) is 6.07 Å². The first kappa shape index (κ1) is 16.9. The fourth-order valence-electron chi connectivity index (χ4n) is 3.89. The third kappa shape index (κ3) is 2.80. The summed E-state index contributed by atoms with van der Waals surface area (Å²) in [5.74, 6) is -0.177. The largest absolute Gasteiger partial charge is 0.311 e. The minimum absolute atomic E-state index is 0.0756. The number of halogens is 1. The minimum Gasteiger partial charge on any atom is -0.311 e. The molecule has 1 amide bonds. The topological polar surface area (TPSA) is 47.3 Å². The molecule has 24 heavy (non-hydrogen) atoms. The molecule has 0 aromatic heterocycles. The quantitative estimate of drug-likeness (QED) is 0.744. The van der Waals surface area contributed by atoms with E-state index in [0.717, 1.165) is 37.2 Å². The van der Waals surface area contributed by atoms with Gasteiger partial charge in [0.05, 0.1) is 12.6 Å². The summed E-state index contributed by atoms with van der Waals surface area (Å²) in [6, 6.07) is 6.97. The number of benzene rings is 1. The van der Waals surface area contributed by atoms with Crippen LogP contribution >= 0.6 is 0 Å². The van der Waals surface area contributed by atoms with Gasteiger partial charge < -0.3 is 4.90 Å². The molecule has 3 rings (SSSR count). The van der Waals surface area contributed by atoms with Crippen molar-refractivity contribution in [3.05, 3.63) is 29.6 Å². The molecule has 1 saturated heterocycles. The summed E-state index contributed by atoms with van der Waals surface area (Å²) < 4.78 is 13.9. The lowest BCUT2D eigenvalue weighted by atomic mass is 9.74.